The molecule has 0 aromatic carbocycles. The fraction of sp³-hybridized carbons (Fsp3) is 0.686. The number of Topliss-reactive ketones (excluding diaryl/α,β-unsaturated/α-hetero) is 3. The van der Waals surface area contributed by atoms with E-state index in [0.29, 0.717) is 12.8 Å². The lowest BCUT2D eigenvalue weighted by Gasteiger charge is -2.60. The molecule has 1 aliphatic heterocycles. The molecule has 0 aromatic heterocycles. The summed E-state index contributed by atoms with van der Waals surface area (Å²) in [6, 6.07) is 0. The SMILES string of the molecule is CC(C)=CCC[C@]1(C)[C@H](CC=C(C)C)C[C@]2(CC=C(C)C)C(=O)C(C(=O)C(C)C)=C3O[C@@H](C(C)(C)O)C[C@@]31C2=O. The smallest absolute Gasteiger partial charge is 0.183 e. The monoisotopic (exact) mass is 552 g/mol. The number of ketones is 3. The van der Waals surface area contributed by atoms with Crippen LogP contribution in [0.2, 0.25) is 0 Å². The normalized spacial score (nSPS) is 31.5. The second-order valence-corrected chi connectivity index (χ2v) is 14.5. The fourth-order valence-electron chi connectivity index (χ4n) is 7.26. The van der Waals surface area contributed by atoms with Crippen LogP contribution in [0.15, 0.2) is 46.3 Å². The van der Waals surface area contributed by atoms with Crippen molar-refractivity contribution in [2.24, 2.45) is 28.1 Å². The zero-order valence-electron chi connectivity index (χ0n) is 26.8. The molecule has 0 unspecified atom stereocenters. The molecular formula is C35H52O5. The molecule has 5 heteroatoms. The maximum Gasteiger partial charge on any atom is 0.183 e. The Hall–Kier alpha value is -2.27. The van der Waals surface area contributed by atoms with Gasteiger partial charge in [0.15, 0.2) is 17.3 Å². The first-order chi connectivity index (χ1) is 18.3. The highest BCUT2D eigenvalue weighted by Gasteiger charge is 2.76. The van der Waals surface area contributed by atoms with Gasteiger partial charge in [0.1, 0.15) is 17.4 Å². The van der Waals surface area contributed by atoms with E-state index >= 15 is 4.79 Å². The van der Waals surface area contributed by atoms with Gasteiger partial charge in [0.25, 0.3) is 0 Å². The van der Waals surface area contributed by atoms with E-state index in [9.17, 15) is 14.7 Å². The maximum atomic E-state index is 15.2. The topological polar surface area (TPSA) is 80.7 Å². The standard InChI is InChI=1S/C35H52O5/c1-21(2)13-12-17-33(11)25(15-14-22(3)4)19-34(18-16-23(5)6)29(37)27(28(36)24(7)8)30-35(33,31(34)38)20-26(40-30)32(9,10)39/h13-14,16,24-26,39H,12,15,17-20H2,1-11H3/t25-,26-,33-,34-,35+/m1/s1. The van der Waals surface area contributed by atoms with Crippen LogP contribution in [-0.4, -0.2) is 34.2 Å². The third-order valence-electron chi connectivity index (χ3n) is 9.77. The molecule has 5 atom stereocenters. The van der Waals surface area contributed by atoms with Gasteiger partial charge in [-0.1, -0.05) is 55.7 Å². The van der Waals surface area contributed by atoms with Gasteiger partial charge in [0, 0.05) is 12.3 Å². The van der Waals surface area contributed by atoms with Gasteiger partial charge in [-0.25, -0.2) is 0 Å². The lowest BCUT2D eigenvalue weighted by Crippen LogP contribution is -2.66. The number of ether oxygens (including phenoxy) is 1. The number of hydrogen-bond acceptors (Lipinski definition) is 5. The molecule has 1 heterocycles. The Balaban J connectivity index is 2.47. The first-order valence-electron chi connectivity index (χ1n) is 15.0. The van der Waals surface area contributed by atoms with Crippen LogP contribution < -0.4 is 0 Å². The number of allylic oxidation sites excluding steroid dienone is 8. The molecule has 0 aromatic rings. The van der Waals surface area contributed by atoms with Gasteiger partial charge in [0.05, 0.1) is 16.4 Å². The van der Waals surface area contributed by atoms with Crippen LogP contribution in [0.1, 0.15) is 115 Å². The van der Waals surface area contributed by atoms with Crippen molar-refractivity contribution in [3.63, 3.8) is 0 Å². The maximum absolute atomic E-state index is 15.2. The minimum absolute atomic E-state index is 0.00929. The summed E-state index contributed by atoms with van der Waals surface area (Å²) in [5.41, 5.74) is -0.838. The third kappa shape index (κ3) is 5.24. The van der Waals surface area contributed by atoms with Crippen molar-refractivity contribution in [3.05, 3.63) is 46.3 Å². The first-order valence-corrected chi connectivity index (χ1v) is 15.0. The van der Waals surface area contributed by atoms with Crippen LogP contribution >= 0.6 is 0 Å². The summed E-state index contributed by atoms with van der Waals surface area (Å²) in [7, 11) is 0. The Morgan fingerprint density at radius 3 is 2.08 bits per heavy atom. The molecule has 2 fully saturated rings. The average molecular weight is 553 g/mol. The number of carbonyl (C=O) groups excluding carboxylic acids is 3. The van der Waals surface area contributed by atoms with Gasteiger partial charge < -0.3 is 9.84 Å². The summed E-state index contributed by atoms with van der Waals surface area (Å²) >= 11 is 0. The van der Waals surface area contributed by atoms with Gasteiger partial charge in [0.2, 0.25) is 0 Å². The zero-order valence-corrected chi connectivity index (χ0v) is 26.8. The van der Waals surface area contributed by atoms with E-state index in [1.165, 1.54) is 11.1 Å². The third-order valence-corrected chi connectivity index (χ3v) is 9.77. The summed E-state index contributed by atoms with van der Waals surface area (Å²) in [6.45, 7) is 21.4. The quantitative estimate of drug-likeness (QED) is 0.171. The van der Waals surface area contributed by atoms with E-state index in [2.05, 4.69) is 46.8 Å². The largest absolute Gasteiger partial charge is 0.490 e. The highest BCUT2D eigenvalue weighted by molar-refractivity contribution is 6.32. The first kappa shape index (κ1) is 32.2. The average Bonchev–Trinajstić information content (AvgIpc) is 3.24. The van der Waals surface area contributed by atoms with E-state index in [0.717, 1.165) is 18.4 Å². The molecule has 1 spiro atoms. The number of rotatable bonds is 10. The van der Waals surface area contributed by atoms with Crippen LogP contribution in [-0.2, 0) is 19.1 Å². The van der Waals surface area contributed by atoms with Crippen molar-refractivity contribution in [3.8, 4) is 0 Å². The molecular weight excluding hydrogens is 500 g/mol. The molecule has 222 valence electrons. The number of carbonyl (C=O) groups is 3. The molecule has 3 rings (SSSR count). The fourth-order valence-corrected chi connectivity index (χ4v) is 7.26. The van der Waals surface area contributed by atoms with Crippen molar-refractivity contribution in [2.75, 3.05) is 0 Å². The Kier molecular flexibility index (Phi) is 9.02. The van der Waals surface area contributed by atoms with E-state index < -0.39 is 33.9 Å². The predicted molar refractivity (Wildman–Crippen MR) is 161 cm³/mol. The van der Waals surface area contributed by atoms with Crippen molar-refractivity contribution < 1.29 is 24.2 Å². The van der Waals surface area contributed by atoms with Crippen LogP contribution in [0.3, 0.4) is 0 Å². The van der Waals surface area contributed by atoms with Gasteiger partial charge in [-0.05, 0) is 98.8 Å². The Morgan fingerprint density at radius 1 is 1.00 bits per heavy atom. The van der Waals surface area contributed by atoms with E-state index in [4.69, 9.17) is 4.74 Å². The van der Waals surface area contributed by atoms with Crippen molar-refractivity contribution in [2.45, 2.75) is 126 Å². The molecule has 5 nitrogen and oxygen atoms in total. The van der Waals surface area contributed by atoms with Crippen LogP contribution in [0.5, 0.6) is 0 Å². The van der Waals surface area contributed by atoms with E-state index in [1.807, 2.05) is 19.9 Å². The minimum atomic E-state index is -1.32. The van der Waals surface area contributed by atoms with Crippen LogP contribution in [0.25, 0.3) is 0 Å². The highest BCUT2D eigenvalue weighted by Crippen LogP contribution is 2.71. The summed E-state index contributed by atoms with van der Waals surface area (Å²) < 4.78 is 6.52. The van der Waals surface area contributed by atoms with Crippen molar-refractivity contribution in [1.29, 1.82) is 0 Å². The van der Waals surface area contributed by atoms with Gasteiger partial charge in [-0.3, -0.25) is 14.4 Å². The number of hydrogen-bond donors (Lipinski definition) is 1. The molecule has 1 saturated carbocycles. The molecule has 2 bridgehead atoms. The van der Waals surface area contributed by atoms with Gasteiger partial charge in [-0.2, -0.15) is 0 Å². The van der Waals surface area contributed by atoms with E-state index in [-0.39, 0.29) is 47.4 Å². The molecule has 1 saturated heterocycles. The lowest BCUT2D eigenvalue weighted by atomic mass is 9.39. The second-order valence-electron chi connectivity index (χ2n) is 14.5. The van der Waals surface area contributed by atoms with Crippen molar-refractivity contribution in [1.82, 2.24) is 0 Å². The van der Waals surface area contributed by atoms with Crippen molar-refractivity contribution >= 4 is 17.3 Å². The van der Waals surface area contributed by atoms with Crippen LogP contribution in [0.4, 0.5) is 0 Å². The number of aliphatic hydroxyl groups is 1. The van der Waals surface area contributed by atoms with Gasteiger partial charge >= 0.3 is 0 Å². The summed E-state index contributed by atoms with van der Waals surface area (Å²) in [6.07, 6.45) is 8.88. The predicted octanol–water partition coefficient (Wildman–Crippen LogP) is 7.64. The molecule has 0 amide bonds. The molecule has 1 N–H and O–H groups in total. The summed E-state index contributed by atoms with van der Waals surface area (Å²) in [5.74, 6) is -0.954. The summed E-state index contributed by atoms with van der Waals surface area (Å²) in [5, 5.41) is 11.2. The molecule has 2 aliphatic carbocycles. The summed E-state index contributed by atoms with van der Waals surface area (Å²) in [4.78, 5) is 43.7. The van der Waals surface area contributed by atoms with Crippen LogP contribution in [0, 0.1) is 28.1 Å². The Bertz CT molecular complexity index is 1180. The second kappa shape index (κ2) is 11.2. The molecule has 3 aliphatic rings. The number of fused-ring (bicyclic) bond motifs is 1. The Labute approximate surface area is 242 Å². The zero-order chi connectivity index (χ0) is 30.4. The molecule has 0 radical (unpaired) electrons. The van der Waals surface area contributed by atoms with E-state index in [1.54, 1.807) is 27.7 Å². The van der Waals surface area contributed by atoms with Gasteiger partial charge in [-0.15, -0.1) is 0 Å². The molecule has 40 heavy (non-hydrogen) atoms. The Morgan fingerprint density at radius 2 is 1.57 bits per heavy atom. The lowest BCUT2D eigenvalue weighted by molar-refractivity contribution is -0.169. The highest BCUT2D eigenvalue weighted by atomic mass is 16.5. The minimum Gasteiger partial charge on any atom is -0.490 e.